The van der Waals surface area contributed by atoms with Crippen molar-refractivity contribution in [3.63, 3.8) is 0 Å². The average molecular weight is 368 g/mol. The lowest BCUT2D eigenvalue weighted by Gasteiger charge is -2.19. The topological polar surface area (TPSA) is 55.4 Å². The molecule has 0 fully saturated rings. The molecule has 1 N–H and O–H groups in total. The summed E-state index contributed by atoms with van der Waals surface area (Å²) >= 11 is 5.79. The molecule has 0 aliphatic rings. The standard InChI is InChI=1S/C18H22ClNO3S/c1-18(2,3)14-4-10-17(11-5-14)24(21,22)20-12-13-23-16-8-6-15(19)7-9-16/h4-11,20H,12-13H2,1-3H3. The lowest BCUT2D eigenvalue weighted by atomic mass is 9.87. The minimum Gasteiger partial charge on any atom is -0.492 e. The third-order valence-corrected chi connectivity index (χ3v) is 5.24. The van der Waals surface area contributed by atoms with E-state index in [1.165, 1.54) is 0 Å². The Morgan fingerprint density at radius 1 is 1.00 bits per heavy atom. The van der Waals surface area contributed by atoms with Gasteiger partial charge in [0.25, 0.3) is 0 Å². The van der Waals surface area contributed by atoms with Gasteiger partial charge in [-0.1, -0.05) is 44.5 Å². The summed E-state index contributed by atoms with van der Waals surface area (Å²) in [5.74, 6) is 0.646. The molecule has 0 unspecified atom stereocenters. The van der Waals surface area contributed by atoms with Crippen LogP contribution in [-0.4, -0.2) is 21.6 Å². The summed E-state index contributed by atoms with van der Waals surface area (Å²) < 4.78 is 32.5. The van der Waals surface area contributed by atoms with E-state index in [-0.39, 0.29) is 23.5 Å². The van der Waals surface area contributed by atoms with Gasteiger partial charge in [0.05, 0.1) is 4.90 Å². The predicted molar refractivity (Wildman–Crippen MR) is 97.3 cm³/mol. The third kappa shape index (κ3) is 5.23. The van der Waals surface area contributed by atoms with Gasteiger partial charge in [0.15, 0.2) is 0 Å². The normalized spacial score (nSPS) is 12.2. The van der Waals surface area contributed by atoms with E-state index in [1.54, 1.807) is 36.4 Å². The predicted octanol–water partition coefficient (Wildman–Crippen LogP) is 3.99. The smallest absolute Gasteiger partial charge is 0.240 e. The van der Waals surface area contributed by atoms with Crippen molar-refractivity contribution in [3.05, 3.63) is 59.1 Å². The lowest BCUT2D eigenvalue weighted by molar-refractivity contribution is 0.323. The number of ether oxygens (including phenoxy) is 1. The number of rotatable bonds is 6. The van der Waals surface area contributed by atoms with Crippen LogP contribution in [0.1, 0.15) is 26.3 Å². The van der Waals surface area contributed by atoms with E-state index in [0.29, 0.717) is 10.8 Å². The first-order valence-electron chi connectivity index (χ1n) is 7.67. The first kappa shape index (κ1) is 18.8. The van der Waals surface area contributed by atoms with Gasteiger partial charge in [0.2, 0.25) is 10.0 Å². The largest absolute Gasteiger partial charge is 0.492 e. The molecule has 0 aliphatic heterocycles. The van der Waals surface area contributed by atoms with Crippen LogP contribution >= 0.6 is 11.6 Å². The molecule has 2 aromatic rings. The molecule has 6 heteroatoms. The summed E-state index contributed by atoms with van der Waals surface area (Å²) in [6, 6.07) is 13.9. The summed E-state index contributed by atoms with van der Waals surface area (Å²) in [7, 11) is -3.53. The molecule has 0 saturated heterocycles. The molecule has 0 spiro atoms. The monoisotopic (exact) mass is 367 g/mol. The Morgan fingerprint density at radius 2 is 1.58 bits per heavy atom. The van der Waals surface area contributed by atoms with Gasteiger partial charge < -0.3 is 4.74 Å². The third-order valence-electron chi connectivity index (χ3n) is 3.51. The number of benzene rings is 2. The van der Waals surface area contributed by atoms with E-state index in [9.17, 15) is 8.42 Å². The maximum Gasteiger partial charge on any atom is 0.240 e. The SMILES string of the molecule is CC(C)(C)c1ccc(S(=O)(=O)NCCOc2ccc(Cl)cc2)cc1. The maximum atomic E-state index is 12.3. The molecule has 0 radical (unpaired) electrons. The fourth-order valence-corrected chi connectivity index (χ4v) is 3.23. The fraction of sp³-hybridized carbons (Fsp3) is 0.333. The molecular weight excluding hydrogens is 346 g/mol. The molecule has 0 amide bonds. The van der Waals surface area contributed by atoms with E-state index < -0.39 is 10.0 Å². The van der Waals surface area contributed by atoms with Crippen LogP contribution in [0.4, 0.5) is 0 Å². The van der Waals surface area contributed by atoms with Gasteiger partial charge in [-0.05, 0) is 47.4 Å². The molecular formula is C18H22ClNO3S. The molecule has 0 aliphatic carbocycles. The van der Waals surface area contributed by atoms with E-state index in [4.69, 9.17) is 16.3 Å². The van der Waals surface area contributed by atoms with Crippen LogP contribution in [0, 0.1) is 0 Å². The summed E-state index contributed by atoms with van der Waals surface area (Å²) in [6.07, 6.45) is 0. The minimum atomic E-state index is -3.53. The summed E-state index contributed by atoms with van der Waals surface area (Å²) in [4.78, 5) is 0.252. The van der Waals surface area contributed by atoms with Gasteiger partial charge in [-0.2, -0.15) is 0 Å². The molecule has 24 heavy (non-hydrogen) atoms. The summed E-state index contributed by atoms with van der Waals surface area (Å²) in [5, 5.41) is 0.627. The van der Waals surface area contributed by atoms with E-state index >= 15 is 0 Å². The number of nitrogens with one attached hydrogen (secondary N) is 1. The van der Waals surface area contributed by atoms with Crippen molar-refractivity contribution in [3.8, 4) is 5.75 Å². The Labute approximate surface area is 148 Å². The summed E-state index contributed by atoms with van der Waals surface area (Å²) in [6.45, 7) is 6.68. The average Bonchev–Trinajstić information content (AvgIpc) is 2.52. The van der Waals surface area contributed by atoms with Gasteiger partial charge in [0, 0.05) is 11.6 Å². The molecule has 4 nitrogen and oxygen atoms in total. The first-order valence-corrected chi connectivity index (χ1v) is 9.53. The highest BCUT2D eigenvalue weighted by Gasteiger charge is 2.17. The van der Waals surface area contributed by atoms with Gasteiger partial charge in [-0.15, -0.1) is 0 Å². The second kappa shape index (κ2) is 7.55. The van der Waals surface area contributed by atoms with Crippen molar-refractivity contribution < 1.29 is 13.2 Å². The van der Waals surface area contributed by atoms with Gasteiger partial charge in [-0.3, -0.25) is 0 Å². The Balaban J connectivity index is 1.90. The molecule has 0 saturated carbocycles. The van der Waals surface area contributed by atoms with Crippen molar-refractivity contribution >= 4 is 21.6 Å². The number of halogens is 1. The highest BCUT2D eigenvalue weighted by atomic mass is 35.5. The zero-order chi connectivity index (χ0) is 17.8. The Kier molecular flexibility index (Phi) is 5.91. The molecule has 2 rings (SSSR count). The quantitative estimate of drug-likeness (QED) is 0.785. The van der Waals surface area contributed by atoms with E-state index in [0.717, 1.165) is 5.56 Å². The van der Waals surface area contributed by atoms with E-state index in [1.807, 2.05) is 12.1 Å². The highest BCUT2D eigenvalue weighted by molar-refractivity contribution is 7.89. The number of sulfonamides is 1. The molecule has 0 aromatic heterocycles. The maximum absolute atomic E-state index is 12.3. The van der Waals surface area contributed by atoms with Crippen molar-refractivity contribution in [2.24, 2.45) is 0 Å². The van der Waals surface area contributed by atoms with Crippen molar-refractivity contribution in [1.82, 2.24) is 4.72 Å². The van der Waals surface area contributed by atoms with Gasteiger partial charge in [-0.25, -0.2) is 13.1 Å². The Hall–Kier alpha value is -1.56. The van der Waals surface area contributed by atoms with Gasteiger partial charge >= 0.3 is 0 Å². The van der Waals surface area contributed by atoms with Crippen LogP contribution in [-0.2, 0) is 15.4 Å². The molecule has 0 heterocycles. The lowest BCUT2D eigenvalue weighted by Crippen LogP contribution is -2.28. The second-order valence-corrected chi connectivity index (χ2v) is 8.68. The molecule has 0 bridgehead atoms. The van der Waals surface area contributed by atoms with Crippen molar-refractivity contribution in [2.75, 3.05) is 13.2 Å². The number of hydrogen-bond acceptors (Lipinski definition) is 3. The zero-order valence-electron chi connectivity index (χ0n) is 14.0. The van der Waals surface area contributed by atoms with Crippen molar-refractivity contribution in [2.45, 2.75) is 31.1 Å². The first-order chi connectivity index (χ1) is 11.2. The number of hydrogen-bond donors (Lipinski definition) is 1. The fourth-order valence-electron chi connectivity index (χ4n) is 2.09. The van der Waals surface area contributed by atoms with Crippen LogP contribution in [0.15, 0.2) is 53.4 Å². The molecule has 0 atom stereocenters. The van der Waals surface area contributed by atoms with Gasteiger partial charge in [0.1, 0.15) is 12.4 Å². The van der Waals surface area contributed by atoms with Crippen molar-refractivity contribution in [1.29, 1.82) is 0 Å². The van der Waals surface area contributed by atoms with E-state index in [2.05, 4.69) is 25.5 Å². The Morgan fingerprint density at radius 3 is 2.12 bits per heavy atom. The zero-order valence-corrected chi connectivity index (χ0v) is 15.6. The van der Waals surface area contributed by atoms with Crippen LogP contribution in [0.2, 0.25) is 5.02 Å². The molecule has 2 aromatic carbocycles. The Bertz CT molecular complexity index is 763. The van der Waals surface area contributed by atoms with Crippen LogP contribution in [0.3, 0.4) is 0 Å². The van der Waals surface area contributed by atoms with Crippen LogP contribution in [0.5, 0.6) is 5.75 Å². The minimum absolute atomic E-state index is 0.0118. The van der Waals surface area contributed by atoms with Crippen LogP contribution < -0.4 is 9.46 Å². The van der Waals surface area contributed by atoms with Crippen LogP contribution in [0.25, 0.3) is 0 Å². The highest BCUT2D eigenvalue weighted by Crippen LogP contribution is 2.23. The molecule has 130 valence electrons. The second-order valence-electron chi connectivity index (χ2n) is 6.47. The summed E-state index contributed by atoms with van der Waals surface area (Å²) in [5.41, 5.74) is 1.08.